The standard InChI is InChI=1S/C17H16FN3O2S/c1-21-11-10-19-17(21)16(13-6-5-7-14(18)12-13)20-24(22,23)15-8-3-2-4-9-15/h2-12,16,20H,1H3. The highest BCUT2D eigenvalue weighted by molar-refractivity contribution is 7.89. The fourth-order valence-corrected chi connectivity index (χ4v) is 3.64. The Kier molecular flexibility index (Phi) is 4.46. The molecule has 1 aromatic heterocycles. The van der Waals surface area contributed by atoms with Crippen molar-refractivity contribution in [3.05, 3.63) is 84.2 Å². The summed E-state index contributed by atoms with van der Waals surface area (Å²) in [4.78, 5) is 4.35. The van der Waals surface area contributed by atoms with Crippen LogP contribution in [0.2, 0.25) is 0 Å². The van der Waals surface area contributed by atoms with Crippen molar-refractivity contribution in [2.75, 3.05) is 0 Å². The Morgan fingerprint density at radius 1 is 1.12 bits per heavy atom. The molecule has 0 saturated carbocycles. The first-order valence-corrected chi connectivity index (χ1v) is 8.76. The maximum atomic E-state index is 13.6. The minimum absolute atomic E-state index is 0.139. The van der Waals surface area contributed by atoms with Gasteiger partial charge in [-0.2, -0.15) is 4.72 Å². The average Bonchev–Trinajstić information content (AvgIpc) is 2.99. The van der Waals surface area contributed by atoms with Gasteiger partial charge in [0.15, 0.2) is 0 Å². The number of hydrogen-bond donors (Lipinski definition) is 1. The van der Waals surface area contributed by atoms with Crippen molar-refractivity contribution >= 4 is 10.0 Å². The van der Waals surface area contributed by atoms with Crippen molar-refractivity contribution in [1.29, 1.82) is 0 Å². The van der Waals surface area contributed by atoms with Crippen molar-refractivity contribution in [2.45, 2.75) is 10.9 Å². The van der Waals surface area contributed by atoms with Crippen molar-refractivity contribution in [3.63, 3.8) is 0 Å². The van der Waals surface area contributed by atoms with E-state index < -0.39 is 21.9 Å². The molecule has 0 saturated heterocycles. The van der Waals surface area contributed by atoms with Crippen molar-refractivity contribution in [2.24, 2.45) is 7.05 Å². The summed E-state index contributed by atoms with van der Waals surface area (Å²) in [5.41, 5.74) is 0.476. The Morgan fingerprint density at radius 3 is 2.50 bits per heavy atom. The van der Waals surface area contributed by atoms with E-state index in [1.165, 1.54) is 30.3 Å². The van der Waals surface area contributed by atoms with E-state index in [1.54, 1.807) is 48.3 Å². The van der Waals surface area contributed by atoms with E-state index in [1.807, 2.05) is 0 Å². The number of nitrogens with one attached hydrogen (secondary N) is 1. The highest BCUT2D eigenvalue weighted by Crippen LogP contribution is 2.23. The van der Waals surface area contributed by atoms with Crippen LogP contribution in [0.4, 0.5) is 4.39 Å². The van der Waals surface area contributed by atoms with Crippen LogP contribution < -0.4 is 4.72 Å². The van der Waals surface area contributed by atoms with E-state index in [0.29, 0.717) is 11.4 Å². The van der Waals surface area contributed by atoms with Gasteiger partial charge in [-0.05, 0) is 29.8 Å². The summed E-state index contributed by atoms with van der Waals surface area (Å²) in [5, 5.41) is 0. The van der Waals surface area contributed by atoms with E-state index in [0.717, 1.165) is 0 Å². The molecule has 0 aliphatic heterocycles. The summed E-state index contributed by atoms with van der Waals surface area (Å²) in [6, 6.07) is 13.0. The fourth-order valence-electron chi connectivity index (χ4n) is 2.43. The largest absolute Gasteiger partial charge is 0.336 e. The third kappa shape index (κ3) is 3.37. The molecule has 0 spiro atoms. The van der Waals surface area contributed by atoms with Gasteiger partial charge in [0.2, 0.25) is 10.0 Å². The average molecular weight is 345 g/mol. The molecule has 5 nitrogen and oxygen atoms in total. The highest BCUT2D eigenvalue weighted by Gasteiger charge is 2.25. The normalized spacial score (nSPS) is 12.9. The molecule has 1 heterocycles. The van der Waals surface area contributed by atoms with Gasteiger partial charge in [0, 0.05) is 19.4 Å². The molecule has 1 unspecified atom stereocenters. The lowest BCUT2D eigenvalue weighted by Gasteiger charge is -2.19. The lowest BCUT2D eigenvalue weighted by molar-refractivity contribution is 0.560. The number of sulfonamides is 1. The molecule has 0 aliphatic carbocycles. The topological polar surface area (TPSA) is 64.0 Å². The molecular weight excluding hydrogens is 329 g/mol. The van der Waals surface area contributed by atoms with Gasteiger partial charge < -0.3 is 4.57 Å². The quantitative estimate of drug-likeness (QED) is 0.773. The van der Waals surface area contributed by atoms with Crippen molar-refractivity contribution in [1.82, 2.24) is 14.3 Å². The third-order valence-electron chi connectivity index (χ3n) is 3.63. The van der Waals surface area contributed by atoms with E-state index >= 15 is 0 Å². The number of rotatable bonds is 5. The molecule has 2 aromatic carbocycles. The zero-order chi connectivity index (χ0) is 17.2. The molecule has 0 aliphatic rings. The lowest BCUT2D eigenvalue weighted by atomic mass is 10.1. The Morgan fingerprint density at radius 2 is 1.88 bits per heavy atom. The number of nitrogens with zero attached hydrogens (tertiary/aromatic N) is 2. The Bertz CT molecular complexity index is 939. The predicted molar refractivity (Wildman–Crippen MR) is 88.2 cm³/mol. The highest BCUT2D eigenvalue weighted by atomic mass is 32.2. The lowest BCUT2D eigenvalue weighted by Crippen LogP contribution is -2.31. The summed E-state index contributed by atoms with van der Waals surface area (Å²) in [6.45, 7) is 0. The molecule has 0 fully saturated rings. The molecule has 3 rings (SSSR count). The molecule has 0 radical (unpaired) electrons. The first-order chi connectivity index (χ1) is 11.5. The van der Waals surface area contributed by atoms with Crippen LogP contribution in [0.3, 0.4) is 0 Å². The Hall–Kier alpha value is -2.51. The molecule has 0 bridgehead atoms. The number of imidazole rings is 1. The van der Waals surface area contributed by atoms with E-state index in [2.05, 4.69) is 9.71 Å². The van der Waals surface area contributed by atoms with Crippen LogP contribution >= 0.6 is 0 Å². The predicted octanol–water partition coefficient (Wildman–Crippen LogP) is 2.63. The van der Waals surface area contributed by atoms with Gasteiger partial charge in [-0.1, -0.05) is 30.3 Å². The Balaban J connectivity index is 2.05. The molecule has 0 amide bonds. The van der Waals surface area contributed by atoms with Gasteiger partial charge in [0.25, 0.3) is 0 Å². The van der Waals surface area contributed by atoms with Crippen LogP contribution in [0.25, 0.3) is 0 Å². The molecule has 1 N–H and O–H groups in total. The summed E-state index contributed by atoms with van der Waals surface area (Å²) >= 11 is 0. The summed E-state index contributed by atoms with van der Waals surface area (Å²) in [7, 11) is -2.03. The van der Waals surface area contributed by atoms with Crippen LogP contribution in [0.15, 0.2) is 71.9 Å². The third-order valence-corrected chi connectivity index (χ3v) is 5.06. The molecular formula is C17H16FN3O2S. The summed E-state index contributed by atoms with van der Waals surface area (Å²) < 4.78 is 43.3. The SMILES string of the molecule is Cn1ccnc1C(NS(=O)(=O)c1ccccc1)c1cccc(F)c1. The number of aryl methyl sites for hydroxylation is 1. The van der Waals surface area contributed by atoms with E-state index in [-0.39, 0.29) is 4.90 Å². The second-order valence-electron chi connectivity index (χ2n) is 5.32. The molecule has 124 valence electrons. The van der Waals surface area contributed by atoms with Crippen LogP contribution in [-0.4, -0.2) is 18.0 Å². The zero-order valence-electron chi connectivity index (χ0n) is 12.9. The van der Waals surface area contributed by atoms with E-state index in [4.69, 9.17) is 0 Å². The van der Waals surface area contributed by atoms with Gasteiger partial charge in [-0.25, -0.2) is 17.8 Å². The van der Waals surface area contributed by atoms with Crippen LogP contribution in [0, 0.1) is 5.82 Å². The molecule has 1 atom stereocenters. The van der Waals surface area contributed by atoms with Gasteiger partial charge in [0.05, 0.1) is 4.90 Å². The first kappa shape index (κ1) is 16.4. The number of aromatic nitrogens is 2. The Labute approximate surface area is 139 Å². The van der Waals surface area contributed by atoms with Crippen LogP contribution in [0.1, 0.15) is 17.4 Å². The molecule has 3 aromatic rings. The van der Waals surface area contributed by atoms with Crippen LogP contribution in [0.5, 0.6) is 0 Å². The number of halogens is 1. The fraction of sp³-hybridized carbons (Fsp3) is 0.118. The number of benzene rings is 2. The minimum Gasteiger partial charge on any atom is -0.336 e. The van der Waals surface area contributed by atoms with Gasteiger partial charge in [0.1, 0.15) is 17.7 Å². The zero-order valence-corrected chi connectivity index (χ0v) is 13.7. The molecule has 7 heteroatoms. The minimum atomic E-state index is -3.79. The van der Waals surface area contributed by atoms with Gasteiger partial charge >= 0.3 is 0 Å². The second-order valence-corrected chi connectivity index (χ2v) is 7.03. The first-order valence-electron chi connectivity index (χ1n) is 7.27. The maximum absolute atomic E-state index is 13.6. The smallest absolute Gasteiger partial charge is 0.241 e. The summed E-state index contributed by atoms with van der Waals surface area (Å²) in [6.07, 6.45) is 3.27. The van der Waals surface area contributed by atoms with Crippen LogP contribution in [-0.2, 0) is 17.1 Å². The van der Waals surface area contributed by atoms with Crippen molar-refractivity contribution in [3.8, 4) is 0 Å². The van der Waals surface area contributed by atoms with Gasteiger partial charge in [-0.3, -0.25) is 0 Å². The van der Waals surface area contributed by atoms with Crippen molar-refractivity contribution < 1.29 is 12.8 Å². The number of hydrogen-bond acceptors (Lipinski definition) is 3. The molecule has 24 heavy (non-hydrogen) atoms. The second kappa shape index (κ2) is 6.54. The van der Waals surface area contributed by atoms with Gasteiger partial charge in [-0.15, -0.1) is 0 Å². The maximum Gasteiger partial charge on any atom is 0.241 e. The summed E-state index contributed by atoms with van der Waals surface area (Å²) in [5.74, 6) is 0.0331. The van der Waals surface area contributed by atoms with E-state index in [9.17, 15) is 12.8 Å². The monoisotopic (exact) mass is 345 g/mol.